The molecule has 1 atom stereocenters. The highest BCUT2D eigenvalue weighted by atomic mass is 79.9. The Hall–Kier alpha value is -0.870. The minimum absolute atomic E-state index is 0.0129. The molecule has 18 heavy (non-hydrogen) atoms. The van der Waals surface area contributed by atoms with E-state index >= 15 is 0 Å². The highest BCUT2D eigenvalue weighted by Crippen LogP contribution is 2.15. The smallest absolute Gasteiger partial charge is 0.224 e. The van der Waals surface area contributed by atoms with E-state index in [1.807, 2.05) is 31.2 Å². The van der Waals surface area contributed by atoms with E-state index in [4.69, 9.17) is 5.73 Å². The Morgan fingerprint density at radius 2 is 1.94 bits per heavy atom. The summed E-state index contributed by atoms with van der Waals surface area (Å²) in [7, 11) is 0. The quantitative estimate of drug-likeness (QED) is 0.877. The van der Waals surface area contributed by atoms with E-state index in [0.29, 0.717) is 18.9 Å². The molecular weight excluding hydrogens is 292 g/mol. The van der Waals surface area contributed by atoms with Gasteiger partial charge in [0, 0.05) is 11.0 Å². The van der Waals surface area contributed by atoms with Crippen molar-refractivity contribution in [2.75, 3.05) is 6.54 Å². The molecule has 0 fully saturated rings. The van der Waals surface area contributed by atoms with Crippen LogP contribution in [0.4, 0.5) is 0 Å². The largest absolute Gasteiger partial charge is 0.349 e. The van der Waals surface area contributed by atoms with Crippen molar-refractivity contribution in [1.29, 1.82) is 0 Å². The van der Waals surface area contributed by atoms with Crippen LogP contribution in [-0.4, -0.2) is 18.0 Å². The highest BCUT2D eigenvalue weighted by molar-refractivity contribution is 9.10. The first-order chi connectivity index (χ1) is 8.37. The molecule has 4 heteroatoms. The van der Waals surface area contributed by atoms with Gasteiger partial charge in [-0.1, -0.05) is 41.9 Å². The molecule has 0 radical (unpaired) electrons. The number of hydrogen-bond acceptors (Lipinski definition) is 2. The Morgan fingerprint density at radius 3 is 2.39 bits per heavy atom. The molecule has 0 spiro atoms. The number of nitrogens with two attached hydrogens (primary N) is 1. The first-order valence-electron chi connectivity index (χ1n) is 6.13. The molecule has 0 saturated carbocycles. The van der Waals surface area contributed by atoms with E-state index in [-0.39, 0.29) is 11.4 Å². The van der Waals surface area contributed by atoms with E-state index in [1.54, 1.807) is 0 Å². The summed E-state index contributed by atoms with van der Waals surface area (Å²) in [5, 5.41) is 3.03. The number of nitrogens with one attached hydrogen (secondary N) is 1. The van der Waals surface area contributed by atoms with E-state index in [2.05, 4.69) is 35.1 Å². The number of carbonyl (C=O) groups excluding carboxylic acids is 1. The van der Waals surface area contributed by atoms with Crippen LogP contribution in [0.3, 0.4) is 0 Å². The maximum atomic E-state index is 12.0. The number of hydrogen-bond donors (Lipinski definition) is 2. The summed E-state index contributed by atoms with van der Waals surface area (Å²) in [6.45, 7) is 6.55. The van der Waals surface area contributed by atoms with Gasteiger partial charge in [0.25, 0.3) is 0 Å². The van der Waals surface area contributed by atoms with Crippen molar-refractivity contribution in [2.45, 2.75) is 32.7 Å². The van der Waals surface area contributed by atoms with Gasteiger partial charge in [-0.15, -0.1) is 0 Å². The standard InChI is InChI=1S/C14H21BrN2O/c1-10(2)14(3,9-16)17-13(18)8-11-4-6-12(15)7-5-11/h4-7,10H,8-9,16H2,1-3H3,(H,17,18). The fourth-order valence-electron chi connectivity index (χ4n) is 1.58. The Balaban J connectivity index is 2.64. The van der Waals surface area contributed by atoms with E-state index in [0.717, 1.165) is 10.0 Å². The molecule has 0 aliphatic heterocycles. The lowest BCUT2D eigenvalue weighted by Crippen LogP contribution is -2.55. The predicted molar refractivity (Wildman–Crippen MR) is 78.3 cm³/mol. The van der Waals surface area contributed by atoms with Crippen LogP contribution < -0.4 is 11.1 Å². The van der Waals surface area contributed by atoms with Crippen molar-refractivity contribution in [1.82, 2.24) is 5.32 Å². The van der Waals surface area contributed by atoms with Gasteiger partial charge in [0.15, 0.2) is 0 Å². The van der Waals surface area contributed by atoms with Crippen molar-refractivity contribution >= 4 is 21.8 Å². The first-order valence-corrected chi connectivity index (χ1v) is 6.92. The minimum Gasteiger partial charge on any atom is -0.349 e. The molecule has 1 unspecified atom stereocenters. The van der Waals surface area contributed by atoms with Gasteiger partial charge in [-0.3, -0.25) is 4.79 Å². The summed E-state index contributed by atoms with van der Waals surface area (Å²) in [5.74, 6) is 0.315. The van der Waals surface area contributed by atoms with Crippen LogP contribution in [0.15, 0.2) is 28.7 Å². The molecule has 0 heterocycles. The van der Waals surface area contributed by atoms with Gasteiger partial charge in [-0.25, -0.2) is 0 Å². The third kappa shape index (κ3) is 4.10. The lowest BCUT2D eigenvalue weighted by molar-refractivity contribution is -0.122. The van der Waals surface area contributed by atoms with Gasteiger partial charge in [0.05, 0.1) is 12.0 Å². The first kappa shape index (κ1) is 15.2. The van der Waals surface area contributed by atoms with Crippen molar-refractivity contribution < 1.29 is 4.79 Å². The average Bonchev–Trinajstić information content (AvgIpc) is 2.31. The van der Waals surface area contributed by atoms with E-state index in [9.17, 15) is 4.79 Å². The monoisotopic (exact) mass is 312 g/mol. The van der Waals surface area contributed by atoms with Gasteiger partial charge in [-0.05, 0) is 30.5 Å². The van der Waals surface area contributed by atoms with Crippen LogP contribution in [0.5, 0.6) is 0 Å². The Morgan fingerprint density at radius 1 is 1.39 bits per heavy atom. The molecule has 1 aromatic rings. The lowest BCUT2D eigenvalue weighted by Gasteiger charge is -2.33. The zero-order valence-electron chi connectivity index (χ0n) is 11.2. The van der Waals surface area contributed by atoms with Crippen molar-refractivity contribution in [3.8, 4) is 0 Å². The maximum Gasteiger partial charge on any atom is 0.224 e. The van der Waals surface area contributed by atoms with Crippen molar-refractivity contribution in [3.05, 3.63) is 34.3 Å². The third-order valence-corrected chi connectivity index (χ3v) is 3.93. The van der Waals surface area contributed by atoms with Crippen molar-refractivity contribution in [3.63, 3.8) is 0 Å². The van der Waals surface area contributed by atoms with Gasteiger partial charge in [-0.2, -0.15) is 0 Å². The Labute approximate surface area is 117 Å². The number of rotatable bonds is 5. The summed E-state index contributed by atoms with van der Waals surface area (Å²) >= 11 is 3.37. The molecule has 1 aromatic carbocycles. The van der Waals surface area contributed by atoms with Gasteiger partial charge in [0.1, 0.15) is 0 Å². The summed E-state index contributed by atoms with van der Waals surface area (Å²) < 4.78 is 1.01. The number of benzene rings is 1. The normalized spacial score (nSPS) is 14.3. The van der Waals surface area contributed by atoms with Crippen LogP contribution in [0.25, 0.3) is 0 Å². The molecule has 3 nitrogen and oxygen atoms in total. The lowest BCUT2D eigenvalue weighted by atomic mass is 9.88. The minimum atomic E-state index is -0.341. The van der Waals surface area contributed by atoms with Crippen LogP contribution in [0.1, 0.15) is 26.3 Å². The topological polar surface area (TPSA) is 55.1 Å². The van der Waals surface area contributed by atoms with E-state index < -0.39 is 0 Å². The molecule has 1 rings (SSSR count). The number of amides is 1. The van der Waals surface area contributed by atoms with Gasteiger partial charge in [0.2, 0.25) is 5.91 Å². The fourth-order valence-corrected chi connectivity index (χ4v) is 1.85. The summed E-state index contributed by atoms with van der Waals surface area (Å²) in [6, 6.07) is 7.76. The van der Waals surface area contributed by atoms with Gasteiger partial charge >= 0.3 is 0 Å². The Bertz CT molecular complexity index is 403. The SMILES string of the molecule is CC(C)C(C)(CN)NC(=O)Cc1ccc(Br)cc1. The molecular formula is C14H21BrN2O. The van der Waals surface area contributed by atoms with Crippen LogP contribution in [-0.2, 0) is 11.2 Å². The van der Waals surface area contributed by atoms with E-state index in [1.165, 1.54) is 0 Å². The molecule has 3 N–H and O–H groups in total. The second kappa shape index (κ2) is 6.34. The maximum absolute atomic E-state index is 12.0. The number of halogens is 1. The second-order valence-corrected chi connectivity index (χ2v) is 6.04. The summed E-state index contributed by atoms with van der Waals surface area (Å²) in [4.78, 5) is 12.0. The van der Waals surface area contributed by atoms with Crippen LogP contribution >= 0.6 is 15.9 Å². The van der Waals surface area contributed by atoms with Gasteiger partial charge < -0.3 is 11.1 Å². The molecule has 0 aliphatic carbocycles. The fraction of sp³-hybridized carbons (Fsp3) is 0.500. The molecule has 0 aliphatic rings. The van der Waals surface area contributed by atoms with Crippen LogP contribution in [0, 0.1) is 5.92 Å². The third-order valence-electron chi connectivity index (χ3n) is 3.40. The molecule has 100 valence electrons. The second-order valence-electron chi connectivity index (χ2n) is 5.13. The molecule has 0 bridgehead atoms. The highest BCUT2D eigenvalue weighted by Gasteiger charge is 2.28. The van der Waals surface area contributed by atoms with Crippen LogP contribution in [0.2, 0.25) is 0 Å². The summed E-state index contributed by atoms with van der Waals surface area (Å²) in [6.07, 6.45) is 0.385. The number of carbonyl (C=O) groups is 1. The molecule has 0 saturated heterocycles. The zero-order chi connectivity index (χ0) is 13.8. The zero-order valence-corrected chi connectivity index (χ0v) is 12.8. The molecule has 0 aromatic heterocycles. The predicted octanol–water partition coefficient (Wildman–Crippen LogP) is 2.48. The average molecular weight is 313 g/mol. The Kier molecular flexibility index (Phi) is 5.35. The van der Waals surface area contributed by atoms with Crippen molar-refractivity contribution in [2.24, 2.45) is 11.7 Å². The molecule has 1 amide bonds. The summed E-state index contributed by atoms with van der Waals surface area (Å²) in [5.41, 5.74) is 6.41.